The van der Waals surface area contributed by atoms with E-state index in [1.807, 2.05) is 0 Å². The standard InChI is InChI=1S/C13H12ClFN2O2/c14-10-2-1-8(12(15)4-10)5-17-6-11-3-9(7-19-11)13(16)18/h1-4,7,17H,5-6H2,(H2,16,18). The highest BCUT2D eigenvalue weighted by Crippen LogP contribution is 2.14. The Morgan fingerprint density at radius 1 is 1.37 bits per heavy atom. The topological polar surface area (TPSA) is 68.3 Å². The van der Waals surface area contributed by atoms with Gasteiger partial charge in [-0.2, -0.15) is 0 Å². The molecule has 0 spiro atoms. The molecule has 100 valence electrons. The summed E-state index contributed by atoms with van der Waals surface area (Å²) >= 11 is 5.66. The van der Waals surface area contributed by atoms with E-state index in [0.717, 1.165) is 0 Å². The Hall–Kier alpha value is -1.85. The molecule has 1 amide bonds. The number of nitrogens with two attached hydrogens (primary N) is 1. The van der Waals surface area contributed by atoms with Gasteiger partial charge in [-0.25, -0.2) is 4.39 Å². The van der Waals surface area contributed by atoms with E-state index in [1.165, 1.54) is 12.3 Å². The molecule has 0 bridgehead atoms. The van der Waals surface area contributed by atoms with Crippen molar-refractivity contribution in [1.82, 2.24) is 5.32 Å². The van der Waals surface area contributed by atoms with E-state index in [9.17, 15) is 9.18 Å². The largest absolute Gasteiger partial charge is 0.467 e. The Balaban J connectivity index is 1.90. The molecule has 0 radical (unpaired) electrons. The molecular formula is C13H12ClFN2O2. The summed E-state index contributed by atoms with van der Waals surface area (Å²) in [5, 5.41) is 3.36. The summed E-state index contributed by atoms with van der Waals surface area (Å²) in [5.41, 5.74) is 5.92. The van der Waals surface area contributed by atoms with Crippen LogP contribution >= 0.6 is 11.6 Å². The van der Waals surface area contributed by atoms with Gasteiger partial charge >= 0.3 is 0 Å². The van der Waals surface area contributed by atoms with Crippen molar-refractivity contribution < 1.29 is 13.6 Å². The molecule has 1 aromatic heterocycles. The summed E-state index contributed by atoms with van der Waals surface area (Å²) in [6.07, 6.45) is 1.29. The van der Waals surface area contributed by atoms with Crippen molar-refractivity contribution in [2.45, 2.75) is 13.1 Å². The maximum absolute atomic E-state index is 13.5. The Bertz CT molecular complexity index is 598. The van der Waals surface area contributed by atoms with Gasteiger partial charge < -0.3 is 15.5 Å². The Morgan fingerprint density at radius 2 is 2.16 bits per heavy atom. The molecule has 1 heterocycles. The minimum atomic E-state index is -0.543. The second-order valence-corrected chi connectivity index (χ2v) is 4.44. The fourth-order valence-electron chi connectivity index (χ4n) is 1.59. The zero-order valence-corrected chi connectivity index (χ0v) is 10.7. The van der Waals surface area contributed by atoms with E-state index in [4.69, 9.17) is 21.8 Å². The van der Waals surface area contributed by atoms with Crippen LogP contribution in [0.25, 0.3) is 0 Å². The first-order valence-corrected chi connectivity index (χ1v) is 5.96. The minimum Gasteiger partial charge on any atom is -0.467 e. The van der Waals surface area contributed by atoms with Gasteiger partial charge in [-0.15, -0.1) is 0 Å². The molecule has 6 heteroatoms. The number of carbonyl (C=O) groups excluding carboxylic acids is 1. The summed E-state index contributed by atoms with van der Waals surface area (Å²) in [7, 11) is 0. The van der Waals surface area contributed by atoms with Gasteiger partial charge in [-0.05, 0) is 18.2 Å². The summed E-state index contributed by atoms with van der Waals surface area (Å²) in [6, 6.07) is 6.05. The van der Waals surface area contributed by atoms with Crippen LogP contribution in [0.3, 0.4) is 0 Å². The Kier molecular flexibility index (Phi) is 4.19. The van der Waals surface area contributed by atoms with E-state index in [1.54, 1.807) is 18.2 Å². The first kappa shape index (κ1) is 13.6. The maximum Gasteiger partial charge on any atom is 0.251 e. The molecule has 1 aromatic carbocycles. The molecular weight excluding hydrogens is 271 g/mol. The van der Waals surface area contributed by atoms with Gasteiger partial charge in [0.25, 0.3) is 5.91 Å². The van der Waals surface area contributed by atoms with Gasteiger partial charge in [-0.1, -0.05) is 17.7 Å². The van der Waals surface area contributed by atoms with Crippen LogP contribution in [0.2, 0.25) is 5.02 Å². The van der Waals surface area contributed by atoms with Crippen LogP contribution in [0.15, 0.2) is 34.9 Å². The zero-order chi connectivity index (χ0) is 13.8. The molecule has 0 aliphatic rings. The number of halogens is 2. The number of hydrogen-bond donors (Lipinski definition) is 2. The van der Waals surface area contributed by atoms with Crippen LogP contribution in [0, 0.1) is 5.82 Å². The van der Waals surface area contributed by atoms with Gasteiger partial charge in [-0.3, -0.25) is 4.79 Å². The Labute approximate surface area is 114 Å². The highest BCUT2D eigenvalue weighted by Gasteiger charge is 2.07. The third-order valence-electron chi connectivity index (χ3n) is 2.57. The number of amides is 1. The molecule has 0 saturated heterocycles. The van der Waals surface area contributed by atoms with Gasteiger partial charge in [0.1, 0.15) is 17.8 Å². The average molecular weight is 283 g/mol. The lowest BCUT2D eigenvalue weighted by Crippen LogP contribution is -2.13. The van der Waals surface area contributed by atoms with Gasteiger partial charge in [0.15, 0.2) is 0 Å². The lowest BCUT2D eigenvalue weighted by atomic mass is 10.2. The SMILES string of the molecule is NC(=O)c1coc(CNCc2ccc(Cl)cc2F)c1. The van der Waals surface area contributed by atoms with Crippen LogP contribution < -0.4 is 11.1 Å². The predicted molar refractivity (Wildman–Crippen MR) is 69.2 cm³/mol. The molecule has 2 rings (SSSR count). The molecule has 0 saturated carbocycles. The number of carbonyl (C=O) groups is 1. The third-order valence-corrected chi connectivity index (χ3v) is 2.80. The molecule has 4 nitrogen and oxygen atoms in total. The average Bonchev–Trinajstić information content (AvgIpc) is 2.81. The first-order chi connectivity index (χ1) is 9.06. The number of rotatable bonds is 5. The number of benzene rings is 1. The number of primary amides is 1. The van der Waals surface area contributed by atoms with Crippen molar-refractivity contribution in [2.75, 3.05) is 0 Å². The van der Waals surface area contributed by atoms with Crippen molar-refractivity contribution in [3.63, 3.8) is 0 Å². The quantitative estimate of drug-likeness (QED) is 0.885. The zero-order valence-electron chi connectivity index (χ0n) is 9.95. The molecule has 0 unspecified atom stereocenters. The van der Waals surface area contributed by atoms with Crippen LogP contribution in [-0.4, -0.2) is 5.91 Å². The van der Waals surface area contributed by atoms with E-state index < -0.39 is 5.91 Å². The highest BCUT2D eigenvalue weighted by molar-refractivity contribution is 6.30. The highest BCUT2D eigenvalue weighted by atomic mass is 35.5. The summed E-state index contributed by atoms with van der Waals surface area (Å²) < 4.78 is 18.6. The van der Waals surface area contributed by atoms with Crippen molar-refractivity contribution in [3.05, 3.63) is 58.3 Å². The molecule has 2 aromatic rings. The van der Waals surface area contributed by atoms with Crippen LogP contribution in [-0.2, 0) is 13.1 Å². The van der Waals surface area contributed by atoms with Crippen molar-refractivity contribution in [1.29, 1.82) is 0 Å². The van der Waals surface area contributed by atoms with Crippen LogP contribution in [0.1, 0.15) is 21.7 Å². The molecule has 0 atom stereocenters. The maximum atomic E-state index is 13.5. The van der Waals surface area contributed by atoms with Gasteiger partial charge in [0.05, 0.1) is 12.1 Å². The fraction of sp³-hybridized carbons (Fsp3) is 0.154. The lowest BCUT2D eigenvalue weighted by molar-refractivity contribution is 0.0999. The number of furan rings is 1. The van der Waals surface area contributed by atoms with E-state index >= 15 is 0 Å². The van der Waals surface area contributed by atoms with Crippen LogP contribution in [0.5, 0.6) is 0 Å². The first-order valence-electron chi connectivity index (χ1n) is 5.58. The summed E-state index contributed by atoms with van der Waals surface area (Å²) in [4.78, 5) is 10.9. The summed E-state index contributed by atoms with van der Waals surface area (Å²) in [5.74, 6) is -0.348. The van der Waals surface area contributed by atoms with Crippen molar-refractivity contribution in [3.8, 4) is 0 Å². The third kappa shape index (κ3) is 3.56. The monoisotopic (exact) mass is 282 g/mol. The van der Waals surface area contributed by atoms with E-state index in [-0.39, 0.29) is 5.82 Å². The van der Waals surface area contributed by atoms with Crippen molar-refractivity contribution >= 4 is 17.5 Å². The number of hydrogen-bond acceptors (Lipinski definition) is 3. The fourth-order valence-corrected chi connectivity index (χ4v) is 1.75. The normalized spacial score (nSPS) is 10.6. The van der Waals surface area contributed by atoms with Gasteiger partial charge in [0.2, 0.25) is 0 Å². The predicted octanol–water partition coefficient (Wildman–Crippen LogP) is 2.46. The molecule has 0 fully saturated rings. The second kappa shape index (κ2) is 5.86. The number of nitrogens with one attached hydrogen (secondary N) is 1. The van der Waals surface area contributed by atoms with E-state index in [0.29, 0.717) is 35.0 Å². The van der Waals surface area contributed by atoms with Crippen LogP contribution in [0.4, 0.5) is 4.39 Å². The minimum absolute atomic E-state index is 0.314. The van der Waals surface area contributed by atoms with E-state index in [2.05, 4.69) is 5.32 Å². The van der Waals surface area contributed by atoms with Crippen molar-refractivity contribution in [2.24, 2.45) is 5.73 Å². The molecule has 0 aliphatic heterocycles. The molecule has 19 heavy (non-hydrogen) atoms. The second-order valence-electron chi connectivity index (χ2n) is 4.01. The smallest absolute Gasteiger partial charge is 0.251 e. The molecule has 0 aliphatic carbocycles. The lowest BCUT2D eigenvalue weighted by Gasteiger charge is -2.04. The van der Waals surface area contributed by atoms with Gasteiger partial charge in [0, 0.05) is 17.1 Å². The molecule has 3 N–H and O–H groups in total. The summed E-state index contributed by atoms with van der Waals surface area (Å²) in [6.45, 7) is 0.699. The Morgan fingerprint density at radius 3 is 2.79 bits per heavy atom.